The van der Waals surface area contributed by atoms with Crippen molar-refractivity contribution in [1.82, 2.24) is 14.9 Å². The lowest BCUT2D eigenvalue weighted by Gasteiger charge is -2.46. The van der Waals surface area contributed by atoms with E-state index in [1.807, 2.05) is 66.2 Å². The van der Waals surface area contributed by atoms with Crippen LogP contribution in [0.1, 0.15) is 39.0 Å². The topological polar surface area (TPSA) is 81.1 Å². The SMILES string of the molecule is CCOc1ccc(NC(=O)C2Sc3nnc(-c4ccccc4)n3NC23CCCCC3)cc1. The number of carbonyl (C=O) groups excluding carboxylic acids is 1. The Bertz CT molecular complexity index is 1080. The molecule has 0 bridgehead atoms. The molecule has 1 saturated carbocycles. The molecule has 0 saturated heterocycles. The summed E-state index contributed by atoms with van der Waals surface area (Å²) in [7, 11) is 0. The van der Waals surface area contributed by atoms with Crippen molar-refractivity contribution in [1.29, 1.82) is 0 Å². The Hall–Kier alpha value is -3.00. The number of amides is 1. The lowest BCUT2D eigenvalue weighted by atomic mass is 9.79. The van der Waals surface area contributed by atoms with Crippen molar-refractivity contribution in [2.45, 2.75) is 55.0 Å². The van der Waals surface area contributed by atoms with Crippen molar-refractivity contribution < 1.29 is 9.53 Å². The Morgan fingerprint density at radius 3 is 2.59 bits per heavy atom. The van der Waals surface area contributed by atoms with Gasteiger partial charge < -0.3 is 15.5 Å². The van der Waals surface area contributed by atoms with Crippen molar-refractivity contribution in [2.24, 2.45) is 0 Å². The Morgan fingerprint density at radius 2 is 1.88 bits per heavy atom. The Morgan fingerprint density at radius 1 is 1.12 bits per heavy atom. The minimum Gasteiger partial charge on any atom is -0.494 e. The van der Waals surface area contributed by atoms with Gasteiger partial charge in [-0.2, -0.15) is 0 Å². The van der Waals surface area contributed by atoms with Crippen LogP contribution in [0.2, 0.25) is 0 Å². The van der Waals surface area contributed by atoms with Crippen molar-refractivity contribution >= 4 is 23.4 Å². The zero-order chi connectivity index (χ0) is 22.0. The van der Waals surface area contributed by atoms with Crippen LogP contribution in [0.25, 0.3) is 11.4 Å². The first-order valence-corrected chi connectivity index (χ1v) is 12.1. The number of nitrogens with zero attached hydrogens (tertiary/aromatic N) is 3. The number of rotatable bonds is 5. The number of benzene rings is 2. The molecule has 8 heteroatoms. The van der Waals surface area contributed by atoms with Crippen LogP contribution in [-0.2, 0) is 4.79 Å². The third-order valence-electron chi connectivity index (χ3n) is 6.14. The quantitative estimate of drug-likeness (QED) is 0.588. The number of hydrogen-bond acceptors (Lipinski definition) is 6. The van der Waals surface area contributed by atoms with E-state index >= 15 is 0 Å². The number of thioether (sulfide) groups is 1. The van der Waals surface area contributed by atoms with Crippen LogP contribution in [0.15, 0.2) is 59.8 Å². The van der Waals surface area contributed by atoms with Crippen LogP contribution < -0.4 is 15.5 Å². The molecule has 1 atom stereocenters. The van der Waals surface area contributed by atoms with Crippen molar-refractivity contribution in [3.8, 4) is 17.1 Å². The van der Waals surface area contributed by atoms with Crippen LogP contribution in [-0.4, -0.2) is 38.2 Å². The van der Waals surface area contributed by atoms with Gasteiger partial charge in [0.05, 0.1) is 12.1 Å². The number of carbonyl (C=O) groups is 1. The van der Waals surface area contributed by atoms with E-state index in [1.165, 1.54) is 18.2 Å². The highest BCUT2D eigenvalue weighted by molar-refractivity contribution is 8.00. The summed E-state index contributed by atoms with van der Waals surface area (Å²) in [4.78, 5) is 13.5. The molecule has 1 fully saturated rings. The number of fused-ring (bicyclic) bond motifs is 1. The molecule has 1 amide bonds. The van der Waals surface area contributed by atoms with Gasteiger partial charge in [0.1, 0.15) is 11.0 Å². The molecular formula is C24H27N5O2S. The molecule has 1 aromatic heterocycles. The molecule has 2 aliphatic rings. The van der Waals surface area contributed by atoms with Crippen molar-refractivity contribution in [2.75, 3.05) is 17.3 Å². The van der Waals surface area contributed by atoms with E-state index in [9.17, 15) is 4.79 Å². The zero-order valence-electron chi connectivity index (χ0n) is 18.1. The predicted octanol–water partition coefficient (Wildman–Crippen LogP) is 4.70. The minimum atomic E-state index is -0.336. The number of hydrogen-bond donors (Lipinski definition) is 2. The maximum Gasteiger partial charge on any atom is 0.240 e. The third-order valence-corrected chi connectivity index (χ3v) is 7.52. The molecule has 5 rings (SSSR count). The van der Waals surface area contributed by atoms with Gasteiger partial charge in [0.15, 0.2) is 5.82 Å². The molecule has 1 aliphatic heterocycles. The standard InChI is InChI=1S/C24H27N5O2S/c1-2-31-19-13-11-18(12-14-19)25-22(30)20-24(15-7-4-8-16-24)28-29-21(26-27-23(29)32-20)17-9-5-3-6-10-17/h3,5-6,9-14,20,28H,2,4,7-8,15-16H2,1H3,(H,25,30). The average molecular weight is 450 g/mol. The number of ether oxygens (including phenoxy) is 1. The summed E-state index contributed by atoms with van der Waals surface area (Å²) in [6, 6.07) is 17.6. The second kappa shape index (κ2) is 8.86. The zero-order valence-corrected chi connectivity index (χ0v) is 18.9. The summed E-state index contributed by atoms with van der Waals surface area (Å²) in [5.41, 5.74) is 5.12. The van der Waals surface area contributed by atoms with E-state index in [-0.39, 0.29) is 16.7 Å². The Kier molecular flexibility index (Phi) is 5.78. The number of nitrogens with one attached hydrogen (secondary N) is 2. The van der Waals surface area contributed by atoms with Gasteiger partial charge in [-0.05, 0) is 44.0 Å². The molecule has 32 heavy (non-hydrogen) atoms. The van der Waals surface area contributed by atoms with E-state index in [1.54, 1.807) is 0 Å². The minimum absolute atomic E-state index is 0.0101. The Balaban J connectivity index is 1.43. The molecule has 166 valence electrons. The maximum absolute atomic E-state index is 13.5. The first-order chi connectivity index (χ1) is 15.7. The van der Waals surface area contributed by atoms with Gasteiger partial charge in [-0.25, -0.2) is 4.68 Å². The first-order valence-electron chi connectivity index (χ1n) is 11.2. The van der Waals surface area contributed by atoms with E-state index in [0.29, 0.717) is 11.8 Å². The molecule has 7 nitrogen and oxygen atoms in total. The van der Waals surface area contributed by atoms with E-state index in [4.69, 9.17) is 4.74 Å². The van der Waals surface area contributed by atoms with Crippen LogP contribution in [0.3, 0.4) is 0 Å². The van der Waals surface area contributed by atoms with E-state index in [2.05, 4.69) is 20.9 Å². The fraction of sp³-hybridized carbons (Fsp3) is 0.375. The van der Waals surface area contributed by atoms with Gasteiger partial charge in [-0.15, -0.1) is 10.2 Å². The van der Waals surface area contributed by atoms with Gasteiger partial charge >= 0.3 is 0 Å². The smallest absolute Gasteiger partial charge is 0.240 e. The summed E-state index contributed by atoms with van der Waals surface area (Å²) in [5.74, 6) is 1.57. The van der Waals surface area contributed by atoms with E-state index in [0.717, 1.165) is 48.5 Å². The van der Waals surface area contributed by atoms with Gasteiger partial charge in [0.2, 0.25) is 11.1 Å². The largest absolute Gasteiger partial charge is 0.494 e. The van der Waals surface area contributed by atoms with Crippen LogP contribution >= 0.6 is 11.8 Å². The fourth-order valence-corrected chi connectivity index (χ4v) is 5.81. The van der Waals surface area contributed by atoms with Gasteiger partial charge in [0.25, 0.3) is 0 Å². The second-order valence-electron chi connectivity index (χ2n) is 8.28. The van der Waals surface area contributed by atoms with E-state index < -0.39 is 0 Å². The molecule has 0 radical (unpaired) electrons. The first kappa shape index (κ1) is 20.9. The molecule has 1 aliphatic carbocycles. The highest BCUT2D eigenvalue weighted by Crippen LogP contribution is 2.44. The van der Waals surface area contributed by atoms with Crippen LogP contribution in [0, 0.1) is 0 Å². The summed E-state index contributed by atoms with van der Waals surface area (Å²) in [6.45, 7) is 2.57. The van der Waals surface area contributed by atoms with Gasteiger partial charge in [-0.1, -0.05) is 61.4 Å². The third kappa shape index (κ3) is 3.95. The number of aromatic nitrogens is 3. The monoisotopic (exact) mass is 449 g/mol. The highest BCUT2D eigenvalue weighted by Gasteiger charge is 2.49. The van der Waals surface area contributed by atoms with Gasteiger partial charge in [-0.3, -0.25) is 4.79 Å². The average Bonchev–Trinajstić information content (AvgIpc) is 3.23. The predicted molar refractivity (Wildman–Crippen MR) is 127 cm³/mol. The lowest BCUT2D eigenvalue weighted by molar-refractivity contribution is -0.117. The fourth-order valence-electron chi connectivity index (χ4n) is 4.59. The number of anilines is 1. The molecule has 1 unspecified atom stereocenters. The summed E-state index contributed by atoms with van der Waals surface area (Å²) in [6.07, 6.45) is 5.26. The molecular weight excluding hydrogens is 422 g/mol. The highest BCUT2D eigenvalue weighted by atomic mass is 32.2. The molecule has 3 aromatic rings. The van der Waals surface area contributed by atoms with Gasteiger partial charge in [0, 0.05) is 11.3 Å². The second-order valence-corrected chi connectivity index (χ2v) is 9.35. The summed E-state index contributed by atoms with van der Waals surface area (Å²) in [5, 5.41) is 12.4. The summed E-state index contributed by atoms with van der Waals surface area (Å²) < 4.78 is 7.48. The molecule has 2 aromatic carbocycles. The normalized spacial score (nSPS) is 19.1. The maximum atomic E-state index is 13.5. The van der Waals surface area contributed by atoms with Crippen LogP contribution in [0.5, 0.6) is 5.75 Å². The van der Waals surface area contributed by atoms with Crippen molar-refractivity contribution in [3.63, 3.8) is 0 Å². The molecule has 2 N–H and O–H groups in total. The van der Waals surface area contributed by atoms with Crippen molar-refractivity contribution in [3.05, 3.63) is 54.6 Å². The molecule has 1 spiro atoms. The van der Waals surface area contributed by atoms with Crippen LogP contribution in [0.4, 0.5) is 5.69 Å². The molecule has 2 heterocycles. The lowest BCUT2D eigenvalue weighted by Crippen LogP contribution is -2.59. The Labute approximate surface area is 191 Å². The summed E-state index contributed by atoms with van der Waals surface area (Å²) >= 11 is 1.51.